The summed E-state index contributed by atoms with van der Waals surface area (Å²) in [6.45, 7) is 1.62. The lowest BCUT2D eigenvalue weighted by Gasteiger charge is -2.26. The van der Waals surface area contributed by atoms with E-state index in [0.29, 0.717) is 39.0 Å². The number of amides is 2. The van der Waals surface area contributed by atoms with E-state index in [9.17, 15) is 9.59 Å². The van der Waals surface area contributed by atoms with Crippen LogP contribution in [0.25, 0.3) is 0 Å². The van der Waals surface area contributed by atoms with Crippen LogP contribution in [-0.4, -0.2) is 57.0 Å². The predicted octanol–water partition coefficient (Wildman–Crippen LogP) is 3.10. The van der Waals surface area contributed by atoms with Crippen molar-refractivity contribution in [2.45, 2.75) is 25.8 Å². The van der Waals surface area contributed by atoms with Crippen molar-refractivity contribution in [1.82, 2.24) is 4.90 Å². The van der Waals surface area contributed by atoms with Gasteiger partial charge < -0.3 is 24.1 Å². The van der Waals surface area contributed by atoms with E-state index in [1.165, 1.54) is 11.3 Å². The van der Waals surface area contributed by atoms with Crippen LogP contribution in [-0.2, 0) is 33.7 Å². The second-order valence-corrected chi connectivity index (χ2v) is 7.65. The number of furan rings is 1. The van der Waals surface area contributed by atoms with Crippen LogP contribution in [0.1, 0.15) is 28.2 Å². The largest absolute Gasteiger partial charge is 0.469 e. The maximum absolute atomic E-state index is 12.4. The minimum Gasteiger partial charge on any atom is -0.469 e. The summed E-state index contributed by atoms with van der Waals surface area (Å²) in [6.07, 6.45) is 4.58. The Bertz CT molecular complexity index is 860. The second kappa shape index (κ2) is 10.2. The Morgan fingerprint density at radius 1 is 1.41 bits per heavy atom. The highest BCUT2D eigenvalue weighted by Gasteiger charge is 2.27. The van der Waals surface area contributed by atoms with Gasteiger partial charge in [-0.25, -0.2) is 4.79 Å². The summed E-state index contributed by atoms with van der Waals surface area (Å²) in [4.78, 5) is 31.5. The van der Waals surface area contributed by atoms with E-state index in [2.05, 4.69) is 10.3 Å². The third kappa shape index (κ3) is 5.45. The smallest absolute Gasteiger partial charge is 0.410 e. The molecule has 0 radical (unpaired) electrons. The average molecular weight is 420 g/mol. The fourth-order valence-electron chi connectivity index (χ4n) is 3.13. The standard InChI is InChI=1S/C20H25N3O5S/c1-21-12-16-15-7-8-23(20(25)28-11-10-26-2)13-17(15)29-19(16)22-18(24)6-5-14-4-3-9-27-14/h3-4,9,12H,5-8,10-11,13H2,1-2H3,(H,22,24). The van der Waals surface area contributed by atoms with Gasteiger partial charge in [-0.2, -0.15) is 0 Å². The zero-order chi connectivity index (χ0) is 20.6. The first-order valence-electron chi connectivity index (χ1n) is 9.42. The van der Waals surface area contributed by atoms with Gasteiger partial charge in [0.25, 0.3) is 0 Å². The summed E-state index contributed by atoms with van der Waals surface area (Å²) in [5, 5.41) is 3.76. The molecule has 0 aliphatic carbocycles. The molecule has 0 unspecified atom stereocenters. The highest BCUT2D eigenvalue weighted by atomic mass is 32.1. The van der Waals surface area contributed by atoms with Crippen molar-refractivity contribution in [1.29, 1.82) is 0 Å². The van der Waals surface area contributed by atoms with Gasteiger partial charge in [-0.15, -0.1) is 11.3 Å². The molecule has 0 saturated heterocycles. The van der Waals surface area contributed by atoms with Crippen molar-refractivity contribution in [3.63, 3.8) is 0 Å². The van der Waals surface area contributed by atoms with E-state index in [0.717, 1.165) is 26.8 Å². The number of nitrogens with one attached hydrogen (secondary N) is 1. The molecule has 3 rings (SSSR count). The normalized spacial score (nSPS) is 13.5. The van der Waals surface area contributed by atoms with Crippen LogP contribution in [0.15, 0.2) is 27.8 Å². The Morgan fingerprint density at radius 2 is 2.28 bits per heavy atom. The molecule has 156 valence electrons. The molecule has 1 aliphatic heterocycles. The second-order valence-electron chi connectivity index (χ2n) is 6.54. The number of aliphatic imine (C=N–C) groups is 1. The minimum atomic E-state index is -0.351. The maximum Gasteiger partial charge on any atom is 0.410 e. The van der Waals surface area contributed by atoms with Crippen LogP contribution in [0, 0.1) is 0 Å². The molecule has 1 N–H and O–H groups in total. The van der Waals surface area contributed by atoms with Crippen molar-refractivity contribution in [2.24, 2.45) is 4.99 Å². The van der Waals surface area contributed by atoms with Crippen molar-refractivity contribution >= 4 is 34.6 Å². The van der Waals surface area contributed by atoms with Crippen LogP contribution in [0.2, 0.25) is 0 Å². The number of thiophene rings is 1. The van der Waals surface area contributed by atoms with Crippen molar-refractivity contribution in [3.05, 3.63) is 40.2 Å². The molecule has 0 fully saturated rings. The Morgan fingerprint density at radius 3 is 3.00 bits per heavy atom. The van der Waals surface area contributed by atoms with Crippen molar-refractivity contribution in [3.8, 4) is 0 Å². The van der Waals surface area contributed by atoms with Gasteiger partial charge in [-0.3, -0.25) is 9.79 Å². The maximum atomic E-state index is 12.4. The van der Waals surface area contributed by atoms with Gasteiger partial charge in [-0.1, -0.05) is 0 Å². The summed E-state index contributed by atoms with van der Waals surface area (Å²) in [5.74, 6) is 0.699. The van der Waals surface area contributed by atoms with Gasteiger partial charge in [0.1, 0.15) is 17.4 Å². The molecule has 9 heteroatoms. The number of carbonyl (C=O) groups excluding carboxylic acids is 2. The first-order valence-corrected chi connectivity index (χ1v) is 10.2. The number of nitrogens with zero attached hydrogens (tertiary/aromatic N) is 2. The SMILES string of the molecule is CN=Cc1c(NC(=O)CCc2ccco2)sc2c1CCN(C(=O)OCCOC)C2. The number of rotatable bonds is 8. The minimum absolute atomic E-state index is 0.0819. The first-order chi connectivity index (χ1) is 14.1. The van der Waals surface area contributed by atoms with Gasteiger partial charge in [0.05, 0.1) is 19.4 Å². The molecule has 29 heavy (non-hydrogen) atoms. The summed E-state index contributed by atoms with van der Waals surface area (Å²) in [6, 6.07) is 3.66. The van der Waals surface area contributed by atoms with Gasteiger partial charge in [0.2, 0.25) is 5.91 Å². The van der Waals surface area contributed by atoms with Crippen LogP contribution in [0.3, 0.4) is 0 Å². The van der Waals surface area contributed by atoms with Crippen molar-refractivity contribution < 1.29 is 23.5 Å². The Hall–Kier alpha value is -2.65. The van der Waals surface area contributed by atoms with Gasteiger partial charge in [0, 0.05) is 50.2 Å². The average Bonchev–Trinajstić information content (AvgIpc) is 3.35. The first kappa shape index (κ1) is 21.1. The zero-order valence-corrected chi connectivity index (χ0v) is 17.4. The van der Waals surface area contributed by atoms with E-state index >= 15 is 0 Å². The van der Waals surface area contributed by atoms with Gasteiger partial charge >= 0.3 is 6.09 Å². The van der Waals surface area contributed by atoms with E-state index in [1.54, 1.807) is 31.5 Å². The van der Waals surface area contributed by atoms with E-state index in [-0.39, 0.29) is 18.6 Å². The van der Waals surface area contributed by atoms with Crippen LogP contribution in [0.5, 0.6) is 0 Å². The van der Waals surface area contributed by atoms with Crippen LogP contribution >= 0.6 is 11.3 Å². The molecule has 2 amide bonds. The highest BCUT2D eigenvalue weighted by Crippen LogP contribution is 2.36. The number of hydrogen-bond acceptors (Lipinski definition) is 7. The van der Waals surface area contributed by atoms with E-state index < -0.39 is 0 Å². The number of anilines is 1. The molecule has 2 aromatic rings. The van der Waals surface area contributed by atoms with Gasteiger partial charge in [-0.05, 0) is 24.1 Å². The molecule has 8 nitrogen and oxygen atoms in total. The third-order valence-electron chi connectivity index (χ3n) is 4.56. The third-order valence-corrected chi connectivity index (χ3v) is 5.71. The number of ether oxygens (including phenoxy) is 2. The van der Waals surface area contributed by atoms with Gasteiger partial charge in [0.15, 0.2) is 0 Å². The predicted molar refractivity (Wildman–Crippen MR) is 111 cm³/mol. The van der Waals surface area contributed by atoms with Crippen LogP contribution in [0.4, 0.5) is 9.80 Å². The summed E-state index contributed by atoms with van der Waals surface area (Å²) in [5.41, 5.74) is 2.05. The lowest BCUT2D eigenvalue weighted by atomic mass is 10.0. The molecule has 0 aromatic carbocycles. The summed E-state index contributed by atoms with van der Waals surface area (Å²) >= 11 is 1.48. The molecule has 0 atom stereocenters. The molecule has 1 aliphatic rings. The Balaban J connectivity index is 1.66. The van der Waals surface area contributed by atoms with E-state index in [1.807, 2.05) is 12.1 Å². The Kier molecular flexibility index (Phi) is 7.42. The number of methoxy groups -OCH3 is 1. The molecular formula is C20H25N3O5S. The van der Waals surface area contributed by atoms with E-state index in [4.69, 9.17) is 13.9 Å². The van der Waals surface area contributed by atoms with Crippen molar-refractivity contribution in [2.75, 3.05) is 39.2 Å². The zero-order valence-electron chi connectivity index (χ0n) is 16.6. The molecule has 0 saturated carbocycles. The highest BCUT2D eigenvalue weighted by molar-refractivity contribution is 7.16. The monoisotopic (exact) mass is 419 g/mol. The summed E-state index contributed by atoms with van der Waals surface area (Å²) < 4.78 is 15.4. The fourth-order valence-corrected chi connectivity index (χ4v) is 4.38. The lowest BCUT2D eigenvalue weighted by molar-refractivity contribution is -0.116. The topological polar surface area (TPSA) is 93.4 Å². The fraction of sp³-hybridized carbons (Fsp3) is 0.450. The Labute approximate surface area is 173 Å². The summed E-state index contributed by atoms with van der Waals surface area (Å²) in [7, 11) is 3.27. The number of aryl methyl sites for hydroxylation is 1. The molecule has 2 aromatic heterocycles. The molecule has 3 heterocycles. The number of fused-ring (bicyclic) bond motifs is 1. The molecule has 0 bridgehead atoms. The lowest BCUT2D eigenvalue weighted by Crippen LogP contribution is -2.36. The van der Waals surface area contributed by atoms with Crippen LogP contribution < -0.4 is 5.32 Å². The number of hydrogen-bond donors (Lipinski definition) is 1. The molecule has 0 spiro atoms. The quantitative estimate of drug-likeness (QED) is 0.524. The number of carbonyl (C=O) groups is 2. The molecular weight excluding hydrogens is 394 g/mol.